The summed E-state index contributed by atoms with van der Waals surface area (Å²) in [7, 11) is -1.74. The molecule has 0 spiro atoms. The summed E-state index contributed by atoms with van der Waals surface area (Å²) in [5, 5.41) is 3.28. The maximum atomic E-state index is 8.89. The van der Waals surface area contributed by atoms with Crippen LogP contribution in [0.5, 0.6) is 0 Å². The minimum absolute atomic E-state index is 0. The number of furan rings is 1. The zero-order valence-electron chi connectivity index (χ0n) is 38.1. The van der Waals surface area contributed by atoms with Gasteiger partial charge in [-0.1, -0.05) is 153 Å². The number of hydrogen-bond donors (Lipinski definition) is 0. The third-order valence-electron chi connectivity index (χ3n) is 10.2. The van der Waals surface area contributed by atoms with Gasteiger partial charge in [0.25, 0.3) is 0 Å². The summed E-state index contributed by atoms with van der Waals surface area (Å²) in [4.78, 5) is 9.81. The molecular weight excluding hydrogens is 903 g/mol. The van der Waals surface area contributed by atoms with Crippen molar-refractivity contribution < 1.29 is 27.3 Å². The maximum absolute atomic E-state index is 8.89. The molecule has 3 heterocycles. The van der Waals surface area contributed by atoms with E-state index >= 15 is 0 Å². The Morgan fingerprint density at radius 2 is 1.41 bits per heavy atom. The van der Waals surface area contributed by atoms with Gasteiger partial charge in [-0.3, -0.25) is 4.98 Å². The Morgan fingerprint density at radius 1 is 0.741 bits per heavy atom. The van der Waals surface area contributed by atoms with Crippen LogP contribution >= 0.6 is 0 Å². The van der Waals surface area contributed by atoms with Gasteiger partial charge in [-0.15, -0.1) is 53.6 Å². The standard InChI is InChI=1S/C29H23N2O.C23H34NSi.Ir/c1-29(2,3)22-14-5-7-16-24(22)31-25-17-8-6-15-23(25)30-28(31)21-13-10-12-20-19-11-4-9-18-26(19)32-27(20)21;1-22(2,3)15-18-14-20(24-16-21(18)25(7,8)9)17-11-10-12-19(13-17)23(4,5)6;/h4-12,14-18H,1-3H3;10,12-14,16H,15H2,1-9H3;/q2*-1;/i;15D2;. The van der Waals surface area contributed by atoms with Crippen molar-refractivity contribution in [1.82, 2.24) is 14.5 Å². The second-order valence-corrected chi connectivity index (χ2v) is 24.2. The van der Waals surface area contributed by atoms with Crippen molar-refractivity contribution in [3.8, 4) is 28.3 Å². The maximum Gasteiger partial charge on any atom is 0.120 e. The Bertz CT molecular complexity index is 2810. The number of para-hydroxylation sites is 4. The molecule has 0 aliphatic rings. The van der Waals surface area contributed by atoms with Crippen LogP contribution in [-0.4, -0.2) is 22.6 Å². The van der Waals surface area contributed by atoms with E-state index in [1.54, 1.807) is 0 Å². The normalized spacial score (nSPS) is 13.2. The van der Waals surface area contributed by atoms with Gasteiger partial charge in [-0.05, 0) is 63.3 Å². The molecule has 0 N–H and O–H groups in total. The molecule has 0 bridgehead atoms. The van der Waals surface area contributed by atoms with Crippen LogP contribution in [0.2, 0.25) is 19.6 Å². The summed E-state index contributed by atoms with van der Waals surface area (Å²) in [6, 6.07) is 44.0. The van der Waals surface area contributed by atoms with Gasteiger partial charge < -0.3 is 14.0 Å². The third kappa shape index (κ3) is 9.00. The fraction of sp³-hybridized carbons (Fsp3) is 0.308. The largest absolute Gasteiger partial charge is 0.501 e. The van der Waals surface area contributed by atoms with Crippen molar-refractivity contribution in [2.75, 3.05) is 0 Å². The van der Waals surface area contributed by atoms with Crippen LogP contribution in [0.3, 0.4) is 0 Å². The van der Waals surface area contributed by atoms with Crippen LogP contribution in [0.15, 0.2) is 120 Å². The molecule has 5 aromatic carbocycles. The van der Waals surface area contributed by atoms with E-state index in [0.717, 1.165) is 72.1 Å². The van der Waals surface area contributed by atoms with Gasteiger partial charge in [0.1, 0.15) is 5.58 Å². The number of benzene rings is 5. The van der Waals surface area contributed by atoms with Gasteiger partial charge in [0.15, 0.2) is 0 Å². The van der Waals surface area contributed by atoms with E-state index in [2.05, 4.69) is 145 Å². The summed E-state index contributed by atoms with van der Waals surface area (Å²) in [5.74, 6) is 0.840. The first-order valence-electron chi connectivity index (χ1n) is 21.0. The summed E-state index contributed by atoms with van der Waals surface area (Å²) < 4.78 is 26.4. The first-order valence-corrected chi connectivity index (χ1v) is 23.5. The van der Waals surface area contributed by atoms with Gasteiger partial charge in [-0.25, -0.2) is 0 Å². The molecule has 8 aromatic rings. The molecule has 0 aliphatic carbocycles. The van der Waals surface area contributed by atoms with Crippen molar-refractivity contribution in [1.29, 1.82) is 0 Å². The van der Waals surface area contributed by atoms with Gasteiger partial charge in [0.05, 0.1) is 30.5 Å². The van der Waals surface area contributed by atoms with Gasteiger partial charge in [-0.2, -0.15) is 0 Å². The van der Waals surface area contributed by atoms with Crippen molar-refractivity contribution in [3.05, 3.63) is 144 Å². The van der Waals surface area contributed by atoms with Gasteiger partial charge >= 0.3 is 0 Å². The molecule has 0 saturated heterocycles. The van der Waals surface area contributed by atoms with Crippen molar-refractivity contribution in [3.63, 3.8) is 0 Å². The van der Waals surface area contributed by atoms with Gasteiger partial charge in [0.2, 0.25) is 0 Å². The van der Waals surface area contributed by atoms with Crippen LogP contribution in [-0.2, 0) is 37.3 Å². The van der Waals surface area contributed by atoms with Crippen LogP contribution in [0.25, 0.3) is 61.3 Å². The molecule has 0 saturated carbocycles. The molecule has 3 aromatic heterocycles. The van der Waals surface area contributed by atoms with E-state index in [4.69, 9.17) is 17.1 Å². The summed E-state index contributed by atoms with van der Waals surface area (Å²) in [5.41, 5.74) is 10.2. The fourth-order valence-corrected chi connectivity index (χ4v) is 8.78. The van der Waals surface area contributed by atoms with Crippen LogP contribution in [0, 0.1) is 17.5 Å². The number of imidazole rings is 1. The van der Waals surface area contributed by atoms with Crippen molar-refractivity contribution in [2.24, 2.45) is 5.41 Å². The first kappa shape index (κ1) is 40.2. The number of fused-ring (bicyclic) bond motifs is 4. The van der Waals surface area contributed by atoms with Crippen molar-refractivity contribution >= 4 is 46.2 Å². The predicted molar refractivity (Wildman–Crippen MR) is 245 cm³/mol. The Kier molecular flexibility index (Phi) is 11.2. The zero-order valence-corrected chi connectivity index (χ0v) is 39.4. The van der Waals surface area contributed by atoms with Crippen LogP contribution < -0.4 is 5.19 Å². The molecule has 6 heteroatoms. The number of pyridine rings is 1. The van der Waals surface area contributed by atoms with E-state index in [1.807, 2.05) is 69.4 Å². The minimum atomic E-state index is -1.74. The predicted octanol–water partition coefficient (Wildman–Crippen LogP) is 13.7. The quantitative estimate of drug-likeness (QED) is 0.128. The number of aromatic nitrogens is 3. The van der Waals surface area contributed by atoms with E-state index in [9.17, 15) is 0 Å². The molecule has 0 amide bonds. The van der Waals surface area contributed by atoms with Gasteiger partial charge in [0, 0.05) is 40.1 Å². The molecule has 8 rings (SSSR count). The van der Waals surface area contributed by atoms with Crippen molar-refractivity contribution in [2.45, 2.75) is 99.2 Å². The smallest absolute Gasteiger partial charge is 0.120 e. The van der Waals surface area contributed by atoms with Crippen LogP contribution in [0.1, 0.15) is 81.7 Å². The SMILES string of the molecule is CC(C)(C)c1ccccc1-n1c(-c2[c-]ccc3c2oc2ccccc23)nc2ccccc21.[2H]C([2H])(c1cc(-c2[c-]ccc(C(C)(C)C)c2)ncc1[Si](C)(C)C)C(C)(C)C.[Ir]. The molecule has 4 nitrogen and oxygen atoms in total. The molecule has 0 atom stereocenters. The molecule has 0 aliphatic heterocycles. The molecular formula is C52H57IrN3OSi-2. The Hall–Kier alpha value is -4.61. The monoisotopic (exact) mass is 962 g/mol. The molecule has 0 unspecified atom stereocenters. The second kappa shape index (κ2) is 16.2. The summed E-state index contributed by atoms with van der Waals surface area (Å²) >= 11 is 0. The minimum Gasteiger partial charge on any atom is -0.501 e. The second-order valence-electron chi connectivity index (χ2n) is 19.2. The Balaban J connectivity index is 0.000000201. The summed E-state index contributed by atoms with van der Waals surface area (Å²) in [6.45, 7) is 26.0. The molecule has 301 valence electrons. The fourth-order valence-electron chi connectivity index (χ4n) is 7.39. The average molecular weight is 962 g/mol. The average Bonchev–Trinajstić information content (AvgIpc) is 3.75. The molecule has 58 heavy (non-hydrogen) atoms. The Morgan fingerprint density at radius 3 is 2.12 bits per heavy atom. The molecule has 0 fully saturated rings. The number of hydrogen-bond acceptors (Lipinski definition) is 3. The number of nitrogens with zero attached hydrogens (tertiary/aromatic N) is 3. The Labute approximate surface area is 363 Å². The first-order chi connectivity index (χ1) is 27.6. The molecule has 1 radical (unpaired) electrons. The van der Waals surface area contributed by atoms with E-state index in [1.165, 1.54) is 11.1 Å². The van der Waals surface area contributed by atoms with E-state index < -0.39 is 19.9 Å². The van der Waals surface area contributed by atoms with Crippen LogP contribution in [0.4, 0.5) is 0 Å². The summed E-state index contributed by atoms with van der Waals surface area (Å²) in [6.07, 6.45) is 0.472. The zero-order chi connectivity index (χ0) is 42.7. The topological polar surface area (TPSA) is 43.9 Å². The third-order valence-corrected chi connectivity index (χ3v) is 12.3. The van der Waals surface area contributed by atoms with E-state index in [-0.39, 0.29) is 30.9 Å². The number of rotatable bonds is 5. The van der Waals surface area contributed by atoms with E-state index in [0.29, 0.717) is 0 Å².